The van der Waals surface area contributed by atoms with E-state index in [0.29, 0.717) is 33.9 Å². The van der Waals surface area contributed by atoms with Gasteiger partial charge in [0.1, 0.15) is 11.9 Å². The van der Waals surface area contributed by atoms with Crippen molar-refractivity contribution in [3.05, 3.63) is 89.5 Å². The Kier molecular flexibility index (Phi) is 10.7. The molecular formula is C30H34O9. The average Bonchev–Trinajstić information content (AvgIpc) is 2.97. The van der Waals surface area contributed by atoms with Gasteiger partial charge in [-0.3, -0.25) is 0 Å². The van der Waals surface area contributed by atoms with Crippen molar-refractivity contribution in [2.45, 2.75) is 31.3 Å². The molecule has 0 spiro atoms. The van der Waals surface area contributed by atoms with Crippen LogP contribution in [0.15, 0.2) is 72.8 Å². The van der Waals surface area contributed by atoms with Gasteiger partial charge in [-0.2, -0.15) is 0 Å². The number of carbonyl (C=O) groups excluding carboxylic acids is 2. The molecule has 3 aromatic carbocycles. The Morgan fingerprint density at radius 3 is 1.46 bits per heavy atom. The highest BCUT2D eigenvalue weighted by molar-refractivity contribution is 5.78. The van der Waals surface area contributed by atoms with E-state index < -0.39 is 36.4 Å². The Hall–Kier alpha value is -4.08. The lowest BCUT2D eigenvalue weighted by atomic mass is 10.0. The summed E-state index contributed by atoms with van der Waals surface area (Å²) in [5.41, 5.74) is 1.63. The number of hydrogen-bond acceptors (Lipinski definition) is 9. The lowest BCUT2D eigenvalue weighted by molar-refractivity contribution is -0.180. The van der Waals surface area contributed by atoms with Crippen molar-refractivity contribution in [1.82, 2.24) is 0 Å². The molecule has 0 unspecified atom stereocenters. The van der Waals surface area contributed by atoms with Crippen molar-refractivity contribution in [3.8, 4) is 17.2 Å². The van der Waals surface area contributed by atoms with Gasteiger partial charge >= 0.3 is 11.9 Å². The highest BCUT2D eigenvalue weighted by Crippen LogP contribution is 2.41. The van der Waals surface area contributed by atoms with Crippen LogP contribution in [0, 0.1) is 0 Å². The highest BCUT2D eigenvalue weighted by atomic mass is 16.6. The molecule has 0 aliphatic carbocycles. The second kappa shape index (κ2) is 14.2. The molecule has 0 saturated carbocycles. The minimum atomic E-state index is -1.11. The molecule has 208 valence electrons. The van der Waals surface area contributed by atoms with E-state index in [-0.39, 0.29) is 0 Å². The number of benzene rings is 3. The highest BCUT2D eigenvalue weighted by Gasteiger charge is 2.35. The number of methoxy groups -OCH3 is 5. The van der Waals surface area contributed by atoms with Crippen LogP contribution in [-0.2, 0) is 28.5 Å². The Labute approximate surface area is 228 Å². The first kappa shape index (κ1) is 29.5. The van der Waals surface area contributed by atoms with Gasteiger partial charge < -0.3 is 33.2 Å². The molecule has 9 heteroatoms. The average molecular weight is 539 g/mol. The van der Waals surface area contributed by atoms with Gasteiger partial charge in [-0.25, -0.2) is 9.59 Å². The molecule has 3 aromatic rings. The van der Waals surface area contributed by atoms with Crippen molar-refractivity contribution in [1.29, 1.82) is 0 Å². The molecule has 4 atom stereocenters. The van der Waals surface area contributed by atoms with Crippen molar-refractivity contribution in [2.75, 3.05) is 35.5 Å². The smallest absolute Gasteiger partial charge is 0.340 e. The number of ether oxygens (including phenoxy) is 7. The zero-order valence-corrected chi connectivity index (χ0v) is 22.9. The van der Waals surface area contributed by atoms with E-state index >= 15 is 0 Å². The fourth-order valence-corrected chi connectivity index (χ4v) is 4.17. The summed E-state index contributed by atoms with van der Waals surface area (Å²) in [5, 5.41) is 0. The minimum absolute atomic E-state index is 0.341. The van der Waals surface area contributed by atoms with Crippen LogP contribution in [0.4, 0.5) is 0 Å². The molecule has 0 aliphatic heterocycles. The molecule has 0 aromatic heterocycles. The molecule has 0 aliphatic rings. The SMILES string of the molecule is COc1cc(OC)c([C@@H](OC(=O)[C@@H](OC)c2ccccc2)[C@@H](C)OC(=O)[C@@H](OC)c2ccccc2)cc1OC. The summed E-state index contributed by atoms with van der Waals surface area (Å²) in [5.74, 6) is -0.204. The molecule has 0 radical (unpaired) electrons. The predicted octanol–water partition coefficient (Wildman–Crippen LogP) is 5.00. The van der Waals surface area contributed by atoms with E-state index in [2.05, 4.69) is 0 Å². The van der Waals surface area contributed by atoms with Crippen LogP contribution in [0.1, 0.15) is 41.9 Å². The van der Waals surface area contributed by atoms with Crippen molar-refractivity contribution in [3.63, 3.8) is 0 Å². The standard InChI is InChI=1S/C30H34O9/c1-19(38-29(31)27(36-5)20-13-9-7-10-14-20)26(22-17-24(34-3)25(35-4)18-23(22)33-2)39-30(32)28(37-6)21-15-11-8-12-16-21/h7-19,26-28H,1-6H3/t19-,26+,27+,28+/m1/s1. The maximum atomic E-state index is 13.4. The van der Waals surface area contributed by atoms with E-state index in [1.54, 1.807) is 67.6 Å². The predicted molar refractivity (Wildman–Crippen MR) is 143 cm³/mol. The molecule has 0 saturated heterocycles. The first-order valence-corrected chi connectivity index (χ1v) is 12.2. The summed E-state index contributed by atoms with van der Waals surface area (Å²) < 4.78 is 39.1. The molecular weight excluding hydrogens is 504 g/mol. The van der Waals surface area contributed by atoms with Gasteiger partial charge in [0, 0.05) is 25.8 Å². The summed E-state index contributed by atoms with van der Waals surface area (Å²) in [6.45, 7) is 1.62. The van der Waals surface area contributed by atoms with Crippen LogP contribution in [0.5, 0.6) is 17.2 Å². The molecule has 0 fully saturated rings. The lowest BCUT2D eigenvalue weighted by Gasteiger charge is -2.29. The minimum Gasteiger partial charge on any atom is -0.496 e. The molecule has 0 amide bonds. The maximum absolute atomic E-state index is 13.4. The summed E-state index contributed by atoms with van der Waals surface area (Å²) >= 11 is 0. The Morgan fingerprint density at radius 2 is 1.03 bits per heavy atom. The van der Waals surface area contributed by atoms with Crippen molar-refractivity contribution in [2.24, 2.45) is 0 Å². The van der Waals surface area contributed by atoms with Gasteiger partial charge in [-0.05, 0) is 24.1 Å². The van der Waals surface area contributed by atoms with Gasteiger partial charge in [0.2, 0.25) is 0 Å². The first-order valence-electron chi connectivity index (χ1n) is 12.2. The monoisotopic (exact) mass is 538 g/mol. The molecule has 0 N–H and O–H groups in total. The number of esters is 2. The topological polar surface area (TPSA) is 98.8 Å². The van der Waals surface area contributed by atoms with E-state index in [0.717, 1.165) is 0 Å². The molecule has 3 rings (SSSR count). The fourth-order valence-electron chi connectivity index (χ4n) is 4.17. The third-order valence-corrected chi connectivity index (χ3v) is 6.12. The van der Waals surface area contributed by atoms with Gasteiger partial charge in [-0.1, -0.05) is 60.7 Å². The van der Waals surface area contributed by atoms with E-state index in [1.165, 1.54) is 35.5 Å². The van der Waals surface area contributed by atoms with E-state index in [4.69, 9.17) is 33.2 Å². The Bertz CT molecular complexity index is 1210. The van der Waals surface area contributed by atoms with Crippen molar-refractivity contribution >= 4 is 11.9 Å². The zero-order valence-electron chi connectivity index (χ0n) is 22.9. The molecule has 39 heavy (non-hydrogen) atoms. The Morgan fingerprint density at radius 1 is 0.590 bits per heavy atom. The number of rotatable bonds is 13. The van der Waals surface area contributed by atoms with Crippen LogP contribution in [0.25, 0.3) is 0 Å². The van der Waals surface area contributed by atoms with Gasteiger partial charge in [0.15, 0.2) is 29.8 Å². The Balaban J connectivity index is 2.00. The molecule has 0 heterocycles. The lowest BCUT2D eigenvalue weighted by Crippen LogP contribution is -2.31. The van der Waals surface area contributed by atoms with Crippen LogP contribution in [-0.4, -0.2) is 53.6 Å². The fraction of sp³-hybridized carbons (Fsp3) is 0.333. The maximum Gasteiger partial charge on any atom is 0.340 e. The summed E-state index contributed by atoms with van der Waals surface area (Å²) in [6, 6.07) is 21.1. The van der Waals surface area contributed by atoms with Crippen LogP contribution in [0.3, 0.4) is 0 Å². The third-order valence-electron chi connectivity index (χ3n) is 6.12. The summed E-state index contributed by atoms with van der Waals surface area (Å²) in [6.07, 6.45) is -4.07. The third kappa shape index (κ3) is 7.07. The van der Waals surface area contributed by atoms with E-state index in [9.17, 15) is 9.59 Å². The van der Waals surface area contributed by atoms with Crippen LogP contribution < -0.4 is 14.2 Å². The van der Waals surface area contributed by atoms with Gasteiger partial charge in [0.25, 0.3) is 0 Å². The summed E-state index contributed by atoms with van der Waals surface area (Å²) in [7, 11) is 7.28. The van der Waals surface area contributed by atoms with Crippen LogP contribution in [0.2, 0.25) is 0 Å². The first-order chi connectivity index (χ1) is 18.9. The van der Waals surface area contributed by atoms with Gasteiger partial charge in [-0.15, -0.1) is 0 Å². The zero-order chi connectivity index (χ0) is 28.4. The number of hydrogen-bond donors (Lipinski definition) is 0. The summed E-state index contributed by atoms with van der Waals surface area (Å²) in [4.78, 5) is 26.6. The van der Waals surface area contributed by atoms with Gasteiger partial charge in [0.05, 0.1) is 21.3 Å². The van der Waals surface area contributed by atoms with Crippen LogP contribution >= 0.6 is 0 Å². The normalized spacial score (nSPS) is 13.9. The second-order valence-corrected chi connectivity index (χ2v) is 8.50. The molecule has 0 bridgehead atoms. The van der Waals surface area contributed by atoms with E-state index in [1.807, 2.05) is 12.1 Å². The largest absolute Gasteiger partial charge is 0.496 e. The van der Waals surface area contributed by atoms with Crippen molar-refractivity contribution < 1.29 is 42.7 Å². The second-order valence-electron chi connectivity index (χ2n) is 8.50. The number of carbonyl (C=O) groups is 2. The quantitative estimate of drug-likeness (QED) is 0.278. The molecule has 9 nitrogen and oxygen atoms in total.